The van der Waals surface area contributed by atoms with Gasteiger partial charge in [0.2, 0.25) is 5.91 Å². The zero-order valence-corrected chi connectivity index (χ0v) is 14.6. The number of sulfonamides is 1. The number of ether oxygens (including phenoxy) is 2. The summed E-state index contributed by atoms with van der Waals surface area (Å²) in [5.41, 5.74) is 1.92. The molecule has 25 heavy (non-hydrogen) atoms. The number of carbonyl (C=O) groups is 1. The highest BCUT2D eigenvalue weighted by molar-refractivity contribution is 7.90. The van der Waals surface area contributed by atoms with E-state index in [4.69, 9.17) is 9.47 Å². The van der Waals surface area contributed by atoms with Crippen LogP contribution in [-0.4, -0.2) is 27.5 Å². The van der Waals surface area contributed by atoms with Crippen molar-refractivity contribution in [2.75, 3.05) is 13.2 Å². The van der Waals surface area contributed by atoms with E-state index in [1.54, 1.807) is 0 Å². The van der Waals surface area contributed by atoms with Crippen LogP contribution in [0.2, 0.25) is 0 Å². The van der Waals surface area contributed by atoms with Gasteiger partial charge in [0.05, 0.1) is 11.3 Å². The summed E-state index contributed by atoms with van der Waals surface area (Å²) in [5, 5.41) is 0. The maximum atomic E-state index is 12.4. The number of benzene rings is 2. The van der Waals surface area contributed by atoms with E-state index < -0.39 is 15.9 Å². The standard InChI is InChI=1S/C18H19NO5S/c1-2-13-3-5-14(6-4-13)11-18(20)19-25(21,22)15-7-8-16-17(12-15)24-10-9-23-16/h3-8,12H,2,9-11H2,1H3,(H,19,20). The van der Waals surface area contributed by atoms with Crippen molar-refractivity contribution in [2.45, 2.75) is 24.7 Å². The van der Waals surface area contributed by atoms with Gasteiger partial charge in [-0.15, -0.1) is 0 Å². The van der Waals surface area contributed by atoms with Crippen LogP contribution < -0.4 is 14.2 Å². The molecule has 0 radical (unpaired) electrons. The van der Waals surface area contributed by atoms with Gasteiger partial charge in [0.1, 0.15) is 13.2 Å². The van der Waals surface area contributed by atoms with E-state index in [1.165, 1.54) is 18.2 Å². The van der Waals surface area contributed by atoms with Gasteiger partial charge in [-0.2, -0.15) is 0 Å². The molecule has 0 saturated heterocycles. The van der Waals surface area contributed by atoms with Crippen molar-refractivity contribution < 1.29 is 22.7 Å². The third-order valence-corrected chi connectivity index (χ3v) is 5.24. The van der Waals surface area contributed by atoms with Crippen LogP contribution >= 0.6 is 0 Å². The van der Waals surface area contributed by atoms with E-state index in [9.17, 15) is 13.2 Å². The Balaban J connectivity index is 1.70. The average molecular weight is 361 g/mol. The molecule has 0 fully saturated rings. The van der Waals surface area contributed by atoms with E-state index in [0.29, 0.717) is 24.7 Å². The second-order valence-electron chi connectivity index (χ2n) is 5.68. The lowest BCUT2D eigenvalue weighted by molar-refractivity contribution is -0.118. The third-order valence-electron chi connectivity index (χ3n) is 3.87. The Kier molecular flexibility index (Phi) is 4.94. The summed E-state index contributed by atoms with van der Waals surface area (Å²) < 4.78 is 37.6. The maximum absolute atomic E-state index is 12.4. The van der Waals surface area contributed by atoms with Gasteiger partial charge in [0.25, 0.3) is 10.0 Å². The van der Waals surface area contributed by atoms with Gasteiger partial charge in [0, 0.05) is 6.07 Å². The minimum atomic E-state index is -3.96. The Labute approximate surface area is 146 Å². The molecule has 0 unspecified atom stereocenters. The maximum Gasteiger partial charge on any atom is 0.264 e. The molecule has 6 nitrogen and oxygen atoms in total. The molecule has 0 bridgehead atoms. The lowest BCUT2D eigenvalue weighted by atomic mass is 10.1. The Morgan fingerprint density at radius 3 is 2.32 bits per heavy atom. The fourth-order valence-electron chi connectivity index (χ4n) is 2.51. The first kappa shape index (κ1) is 17.3. The summed E-state index contributed by atoms with van der Waals surface area (Å²) in [5.74, 6) is 0.267. The molecule has 1 heterocycles. The second-order valence-corrected chi connectivity index (χ2v) is 7.36. The number of amides is 1. The molecule has 3 rings (SSSR count). The summed E-state index contributed by atoms with van der Waals surface area (Å²) in [4.78, 5) is 12.1. The van der Waals surface area contributed by atoms with Crippen molar-refractivity contribution in [2.24, 2.45) is 0 Å². The van der Waals surface area contributed by atoms with Gasteiger partial charge in [-0.25, -0.2) is 13.1 Å². The second kappa shape index (κ2) is 7.14. The van der Waals surface area contributed by atoms with Crippen LogP contribution in [0.1, 0.15) is 18.1 Å². The highest BCUT2D eigenvalue weighted by Gasteiger charge is 2.21. The van der Waals surface area contributed by atoms with Crippen molar-refractivity contribution in [3.63, 3.8) is 0 Å². The minimum Gasteiger partial charge on any atom is -0.486 e. The lowest BCUT2D eigenvalue weighted by Gasteiger charge is -2.18. The molecule has 1 aliphatic heterocycles. The van der Waals surface area contributed by atoms with Crippen molar-refractivity contribution in [1.82, 2.24) is 4.72 Å². The lowest BCUT2D eigenvalue weighted by Crippen LogP contribution is -2.32. The van der Waals surface area contributed by atoms with Crippen LogP contribution in [-0.2, 0) is 27.7 Å². The highest BCUT2D eigenvalue weighted by atomic mass is 32.2. The van der Waals surface area contributed by atoms with Gasteiger partial charge >= 0.3 is 0 Å². The van der Waals surface area contributed by atoms with Crippen LogP contribution in [0.25, 0.3) is 0 Å². The van der Waals surface area contributed by atoms with E-state index in [0.717, 1.165) is 17.5 Å². The molecule has 1 aliphatic rings. The molecule has 0 spiro atoms. The molecule has 2 aromatic carbocycles. The molecule has 7 heteroatoms. The molecular weight excluding hydrogens is 342 g/mol. The fraction of sp³-hybridized carbons (Fsp3) is 0.278. The number of hydrogen-bond acceptors (Lipinski definition) is 5. The summed E-state index contributed by atoms with van der Waals surface area (Å²) in [7, 11) is -3.96. The summed E-state index contributed by atoms with van der Waals surface area (Å²) >= 11 is 0. The first-order chi connectivity index (χ1) is 12.0. The molecular formula is C18H19NO5S. The Bertz CT molecular complexity index is 875. The predicted octanol–water partition coefficient (Wildman–Crippen LogP) is 2.07. The number of hydrogen-bond donors (Lipinski definition) is 1. The highest BCUT2D eigenvalue weighted by Crippen LogP contribution is 2.32. The Morgan fingerprint density at radius 2 is 1.64 bits per heavy atom. The van der Waals surface area contributed by atoms with Crippen LogP contribution in [0.4, 0.5) is 0 Å². The molecule has 1 N–H and O–H groups in total. The Hall–Kier alpha value is -2.54. The normalized spacial score (nSPS) is 13.3. The topological polar surface area (TPSA) is 81.7 Å². The molecule has 0 atom stereocenters. The molecule has 0 saturated carbocycles. The summed E-state index contributed by atoms with van der Waals surface area (Å²) in [6.45, 7) is 2.82. The minimum absolute atomic E-state index is 0.00617. The number of carbonyl (C=O) groups excluding carboxylic acids is 1. The van der Waals surface area contributed by atoms with Crippen LogP contribution in [0, 0.1) is 0 Å². The van der Waals surface area contributed by atoms with Gasteiger partial charge in [-0.1, -0.05) is 31.2 Å². The monoisotopic (exact) mass is 361 g/mol. The number of aryl methyl sites for hydroxylation is 1. The molecule has 0 aromatic heterocycles. The third kappa shape index (κ3) is 4.11. The van der Waals surface area contributed by atoms with Gasteiger partial charge in [-0.05, 0) is 29.7 Å². The molecule has 0 aliphatic carbocycles. The van der Waals surface area contributed by atoms with Crippen molar-refractivity contribution >= 4 is 15.9 Å². The summed E-state index contributed by atoms with van der Waals surface area (Å²) in [6.07, 6.45) is 0.902. The van der Waals surface area contributed by atoms with Crippen LogP contribution in [0.15, 0.2) is 47.4 Å². The van der Waals surface area contributed by atoms with Crippen molar-refractivity contribution in [1.29, 1.82) is 0 Å². The number of nitrogens with one attached hydrogen (secondary N) is 1. The fourth-order valence-corrected chi connectivity index (χ4v) is 3.51. The zero-order valence-electron chi connectivity index (χ0n) is 13.8. The van der Waals surface area contributed by atoms with Gasteiger partial charge in [0.15, 0.2) is 11.5 Å². The smallest absolute Gasteiger partial charge is 0.264 e. The van der Waals surface area contributed by atoms with Gasteiger partial charge in [-0.3, -0.25) is 4.79 Å². The van der Waals surface area contributed by atoms with Gasteiger partial charge < -0.3 is 9.47 Å². The van der Waals surface area contributed by atoms with Crippen molar-refractivity contribution in [3.8, 4) is 11.5 Å². The average Bonchev–Trinajstić information content (AvgIpc) is 2.61. The Morgan fingerprint density at radius 1 is 1.00 bits per heavy atom. The first-order valence-electron chi connectivity index (χ1n) is 8.01. The van der Waals surface area contributed by atoms with E-state index >= 15 is 0 Å². The van der Waals surface area contributed by atoms with Crippen molar-refractivity contribution in [3.05, 3.63) is 53.6 Å². The van der Waals surface area contributed by atoms with Crippen LogP contribution in [0.5, 0.6) is 11.5 Å². The van der Waals surface area contributed by atoms with E-state index in [-0.39, 0.29) is 11.3 Å². The van der Waals surface area contributed by atoms with E-state index in [1.807, 2.05) is 31.2 Å². The zero-order chi connectivity index (χ0) is 17.9. The molecule has 2 aromatic rings. The summed E-state index contributed by atoms with van der Waals surface area (Å²) in [6, 6.07) is 11.8. The SMILES string of the molecule is CCc1ccc(CC(=O)NS(=O)(=O)c2ccc3c(c2)OCCO3)cc1. The van der Waals surface area contributed by atoms with Crippen LogP contribution in [0.3, 0.4) is 0 Å². The first-order valence-corrected chi connectivity index (χ1v) is 9.49. The molecule has 1 amide bonds. The molecule has 132 valence electrons. The largest absolute Gasteiger partial charge is 0.486 e. The predicted molar refractivity (Wildman–Crippen MR) is 92.3 cm³/mol. The quantitative estimate of drug-likeness (QED) is 0.882. The van der Waals surface area contributed by atoms with E-state index in [2.05, 4.69) is 4.72 Å². The number of rotatable bonds is 5. The number of fused-ring (bicyclic) bond motifs is 1.